The Labute approximate surface area is 119 Å². The fourth-order valence-electron chi connectivity index (χ4n) is 2.34. The second-order valence-electron chi connectivity index (χ2n) is 5.16. The van der Waals surface area contributed by atoms with Crippen molar-refractivity contribution in [2.24, 2.45) is 0 Å². The first kappa shape index (κ1) is 14.3. The van der Waals surface area contributed by atoms with Crippen molar-refractivity contribution in [3.05, 3.63) is 52.3 Å². The summed E-state index contributed by atoms with van der Waals surface area (Å²) in [6.45, 7) is 6.84. The Morgan fingerprint density at radius 2 is 2.05 bits per heavy atom. The predicted molar refractivity (Wildman–Crippen MR) is 78.2 cm³/mol. The van der Waals surface area contributed by atoms with Gasteiger partial charge in [0.15, 0.2) is 5.69 Å². The van der Waals surface area contributed by atoms with Crippen LogP contribution in [-0.4, -0.2) is 20.9 Å². The van der Waals surface area contributed by atoms with Crippen LogP contribution in [0, 0.1) is 13.8 Å². The van der Waals surface area contributed by atoms with Gasteiger partial charge in [0.25, 0.3) is 0 Å². The van der Waals surface area contributed by atoms with E-state index in [1.165, 1.54) is 16.7 Å². The molecule has 4 heteroatoms. The Morgan fingerprint density at radius 3 is 2.65 bits per heavy atom. The summed E-state index contributed by atoms with van der Waals surface area (Å²) in [5.74, 6) is -0.971. The molecule has 0 saturated carbocycles. The van der Waals surface area contributed by atoms with Crippen LogP contribution in [0.4, 0.5) is 0 Å². The van der Waals surface area contributed by atoms with Gasteiger partial charge in [0.05, 0.1) is 6.54 Å². The molecule has 1 N–H and O–H groups in total. The van der Waals surface area contributed by atoms with Gasteiger partial charge in [0.1, 0.15) is 0 Å². The highest BCUT2D eigenvalue weighted by Gasteiger charge is 2.13. The largest absolute Gasteiger partial charge is 0.476 e. The zero-order chi connectivity index (χ0) is 14.7. The number of carboxylic acid groups (broad SMARTS) is 1. The fraction of sp³-hybridized carbons (Fsp3) is 0.375. The molecule has 0 aliphatic heterocycles. The lowest BCUT2D eigenvalue weighted by Gasteiger charge is -2.10. The fourth-order valence-corrected chi connectivity index (χ4v) is 2.34. The Bertz CT molecular complexity index is 629. The maximum Gasteiger partial charge on any atom is 0.356 e. The van der Waals surface area contributed by atoms with Crippen LogP contribution in [0.2, 0.25) is 0 Å². The smallest absolute Gasteiger partial charge is 0.356 e. The Hall–Kier alpha value is -2.10. The lowest BCUT2D eigenvalue weighted by Crippen LogP contribution is -2.08. The van der Waals surface area contributed by atoms with E-state index in [4.69, 9.17) is 5.11 Å². The predicted octanol–water partition coefficient (Wildman–Crippen LogP) is 3.20. The normalized spacial score (nSPS) is 10.8. The molecule has 0 spiro atoms. The zero-order valence-electron chi connectivity index (χ0n) is 12.2. The van der Waals surface area contributed by atoms with Crippen molar-refractivity contribution < 1.29 is 9.90 Å². The molecule has 4 nitrogen and oxygen atoms in total. The van der Waals surface area contributed by atoms with E-state index >= 15 is 0 Å². The summed E-state index contributed by atoms with van der Waals surface area (Å²) in [5, 5.41) is 13.3. The molecule has 0 fully saturated rings. The molecule has 0 bridgehead atoms. The van der Waals surface area contributed by atoms with Crippen molar-refractivity contribution in [1.29, 1.82) is 0 Å². The molecule has 2 rings (SSSR count). The van der Waals surface area contributed by atoms with Crippen molar-refractivity contribution in [1.82, 2.24) is 9.78 Å². The van der Waals surface area contributed by atoms with Crippen LogP contribution in [0.15, 0.2) is 24.3 Å². The number of carbonyl (C=O) groups is 1. The minimum atomic E-state index is -0.971. The number of hydrogen-bond acceptors (Lipinski definition) is 2. The molecule has 0 atom stereocenters. The van der Waals surface area contributed by atoms with Crippen molar-refractivity contribution in [2.75, 3.05) is 0 Å². The Morgan fingerprint density at radius 1 is 1.30 bits per heavy atom. The molecule has 0 aliphatic carbocycles. The molecule has 1 heterocycles. The second kappa shape index (κ2) is 5.90. The SMILES string of the molecule is CCCc1cc(C(=O)O)nn1Cc1ccc(C)cc1C. The lowest BCUT2D eigenvalue weighted by atomic mass is 10.1. The van der Waals surface area contributed by atoms with E-state index in [2.05, 4.69) is 44.1 Å². The summed E-state index contributed by atoms with van der Waals surface area (Å²) in [7, 11) is 0. The second-order valence-corrected chi connectivity index (χ2v) is 5.16. The summed E-state index contributed by atoms with van der Waals surface area (Å²) >= 11 is 0. The summed E-state index contributed by atoms with van der Waals surface area (Å²) in [6.07, 6.45) is 1.81. The molecule has 1 aromatic heterocycles. The lowest BCUT2D eigenvalue weighted by molar-refractivity contribution is 0.0689. The molecule has 0 aliphatic rings. The van der Waals surface area contributed by atoms with Gasteiger partial charge in [0, 0.05) is 5.69 Å². The number of rotatable bonds is 5. The third-order valence-corrected chi connectivity index (χ3v) is 3.41. The van der Waals surface area contributed by atoms with Gasteiger partial charge >= 0.3 is 5.97 Å². The monoisotopic (exact) mass is 272 g/mol. The number of carboxylic acids is 1. The number of hydrogen-bond donors (Lipinski definition) is 1. The molecule has 106 valence electrons. The molecule has 0 amide bonds. The minimum Gasteiger partial charge on any atom is -0.476 e. The van der Waals surface area contributed by atoms with Gasteiger partial charge in [-0.25, -0.2) is 4.79 Å². The number of aromatic nitrogens is 2. The molecule has 1 aromatic carbocycles. The van der Waals surface area contributed by atoms with Crippen LogP contribution in [0.5, 0.6) is 0 Å². The third kappa shape index (κ3) is 3.07. The highest BCUT2D eigenvalue weighted by molar-refractivity contribution is 5.85. The van der Waals surface area contributed by atoms with Crippen molar-refractivity contribution in [3.63, 3.8) is 0 Å². The number of benzene rings is 1. The standard InChI is InChI=1S/C16H20N2O2/c1-4-5-14-9-15(16(19)20)17-18(14)10-13-7-6-11(2)8-12(13)3/h6-9H,4-5,10H2,1-3H3,(H,19,20). The number of aryl methyl sites for hydroxylation is 3. The Balaban J connectivity index is 2.33. The number of aromatic carboxylic acids is 1. The van der Waals surface area contributed by atoms with Crippen molar-refractivity contribution in [2.45, 2.75) is 40.2 Å². The molecule has 0 radical (unpaired) electrons. The first-order valence-electron chi connectivity index (χ1n) is 6.87. The summed E-state index contributed by atoms with van der Waals surface area (Å²) < 4.78 is 1.81. The van der Waals surface area contributed by atoms with Crippen LogP contribution in [0.25, 0.3) is 0 Å². The zero-order valence-corrected chi connectivity index (χ0v) is 12.2. The summed E-state index contributed by atoms with van der Waals surface area (Å²) in [6, 6.07) is 7.97. The maximum atomic E-state index is 11.1. The summed E-state index contributed by atoms with van der Waals surface area (Å²) in [5.41, 5.74) is 4.71. The first-order chi connectivity index (χ1) is 9.51. The van der Waals surface area contributed by atoms with Crippen molar-refractivity contribution >= 4 is 5.97 Å². The van der Waals surface area contributed by atoms with Crippen LogP contribution >= 0.6 is 0 Å². The van der Waals surface area contributed by atoms with E-state index in [9.17, 15) is 4.79 Å². The van der Waals surface area contributed by atoms with E-state index in [1.54, 1.807) is 6.07 Å². The van der Waals surface area contributed by atoms with Crippen LogP contribution in [0.3, 0.4) is 0 Å². The molecule has 2 aromatic rings. The van der Waals surface area contributed by atoms with Gasteiger partial charge < -0.3 is 5.11 Å². The van der Waals surface area contributed by atoms with E-state index in [0.29, 0.717) is 6.54 Å². The van der Waals surface area contributed by atoms with Gasteiger partial charge in [-0.3, -0.25) is 4.68 Å². The molecular weight excluding hydrogens is 252 g/mol. The third-order valence-electron chi connectivity index (χ3n) is 3.41. The highest BCUT2D eigenvalue weighted by Crippen LogP contribution is 2.15. The van der Waals surface area contributed by atoms with E-state index in [-0.39, 0.29) is 5.69 Å². The van der Waals surface area contributed by atoms with Gasteiger partial charge in [-0.15, -0.1) is 0 Å². The number of nitrogens with zero attached hydrogens (tertiary/aromatic N) is 2. The average Bonchev–Trinajstić information content (AvgIpc) is 2.77. The summed E-state index contributed by atoms with van der Waals surface area (Å²) in [4.78, 5) is 11.1. The van der Waals surface area contributed by atoms with Crippen LogP contribution < -0.4 is 0 Å². The topological polar surface area (TPSA) is 55.1 Å². The molecular formula is C16H20N2O2. The van der Waals surface area contributed by atoms with Gasteiger partial charge in [-0.05, 0) is 37.5 Å². The molecule has 0 unspecified atom stereocenters. The van der Waals surface area contributed by atoms with Gasteiger partial charge in [-0.1, -0.05) is 37.1 Å². The van der Waals surface area contributed by atoms with Gasteiger partial charge in [0.2, 0.25) is 0 Å². The van der Waals surface area contributed by atoms with Crippen LogP contribution in [0.1, 0.15) is 46.2 Å². The quantitative estimate of drug-likeness (QED) is 0.909. The minimum absolute atomic E-state index is 0.123. The average molecular weight is 272 g/mol. The van der Waals surface area contributed by atoms with Gasteiger partial charge in [-0.2, -0.15) is 5.10 Å². The maximum absolute atomic E-state index is 11.1. The molecule has 20 heavy (non-hydrogen) atoms. The highest BCUT2D eigenvalue weighted by atomic mass is 16.4. The van der Waals surface area contributed by atoms with E-state index in [0.717, 1.165) is 18.5 Å². The first-order valence-corrected chi connectivity index (χ1v) is 6.87. The van der Waals surface area contributed by atoms with Crippen LogP contribution in [-0.2, 0) is 13.0 Å². The van der Waals surface area contributed by atoms with E-state index in [1.807, 2.05) is 4.68 Å². The van der Waals surface area contributed by atoms with Crippen molar-refractivity contribution in [3.8, 4) is 0 Å². The van der Waals surface area contributed by atoms with E-state index < -0.39 is 5.97 Å². The Kier molecular flexibility index (Phi) is 4.23. The molecule has 0 saturated heterocycles.